The normalized spacial score (nSPS) is 32.5. The maximum Gasteiger partial charge on any atom is 0.339 e. The van der Waals surface area contributed by atoms with E-state index in [2.05, 4.69) is 0 Å². The van der Waals surface area contributed by atoms with Gasteiger partial charge < -0.3 is 9.47 Å². The molecular weight excluding hydrogens is 286 g/mol. The van der Waals surface area contributed by atoms with Gasteiger partial charge in [-0.15, -0.1) is 0 Å². The second-order valence-corrected chi connectivity index (χ2v) is 5.86. The summed E-state index contributed by atoms with van der Waals surface area (Å²) in [7, 11) is 1.27. The number of rotatable bonds is 2. The van der Waals surface area contributed by atoms with Crippen molar-refractivity contribution in [3.8, 4) is 0 Å². The molecule has 6 nitrogen and oxygen atoms in total. The van der Waals surface area contributed by atoms with E-state index >= 15 is 0 Å². The zero-order chi connectivity index (χ0) is 15.4. The van der Waals surface area contributed by atoms with Crippen molar-refractivity contribution in [2.75, 3.05) is 12.0 Å². The third kappa shape index (κ3) is 1.61. The van der Waals surface area contributed by atoms with Crippen LogP contribution < -0.4 is 4.90 Å². The number of nitrogens with zero attached hydrogens (tertiary/aromatic N) is 1. The Balaban J connectivity index is 1.77. The number of hydrogen-bond donors (Lipinski definition) is 0. The summed E-state index contributed by atoms with van der Waals surface area (Å²) in [6, 6.07) is 6.53. The molecule has 3 fully saturated rings. The van der Waals surface area contributed by atoms with Gasteiger partial charge in [-0.05, 0) is 25.0 Å². The van der Waals surface area contributed by atoms with Crippen molar-refractivity contribution in [1.29, 1.82) is 0 Å². The van der Waals surface area contributed by atoms with E-state index in [0.29, 0.717) is 5.69 Å². The Kier molecular flexibility index (Phi) is 2.84. The minimum absolute atomic E-state index is 0.165. The minimum atomic E-state index is -0.563. The van der Waals surface area contributed by atoms with Gasteiger partial charge in [0.25, 0.3) is 0 Å². The van der Waals surface area contributed by atoms with Crippen LogP contribution in [0.25, 0.3) is 0 Å². The van der Waals surface area contributed by atoms with Crippen molar-refractivity contribution in [2.45, 2.75) is 25.0 Å². The monoisotopic (exact) mass is 301 g/mol. The summed E-state index contributed by atoms with van der Waals surface area (Å²) >= 11 is 0. The molecule has 4 atom stereocenters. The Morgan fingerprint density at radius 1 is 1.14 bits per heavy atom. The lowest BCUT2D eigenvalue weighted by atomic mass is 9.81. The fraction of sp³-hybridized carbons (Fsp3) is 0.438. The molecule has 0 aromatic heterocycles. The third-order valence-corrected chi connectivity index (χ3v) is 4.83. The van der Waals surface area contributed by atoms with Crippen LogP contribution in [-0.4, -0.2) is 37.1 Å². The van der Waals surface area contributed by atoms with Crippen molar-refractivity contribution in [1.82, 2.24) is 0 Å². The van der Waals surface area contributed by atoms with E-state index in [4.69, 9.17) is 9.47 Å². The molecule has 2 amide bonds. The number of benzene rings is 1. The molecule has 4 unspecified atom stereocenters. The molecule has 2 bridgehead atoms. The topological polar surface area (TPSA) is 72.9 Å². The molecule has 3 saturated heterocycles. The second-order valence-electron chi connectivity index (χ2n) is 5.86. The molecular formula is C16H15NO5. The Bertz CT molecular complexity index is 657. The summed E-state index contributed by atoms with van der Waals surface area (Å²) in [5, 5.41) is 0. The summed E-state index contributed by atoms with van der Waals surface area (Å²) in [5.74, 6) is -1.90. The van der Waals surface area contributed by atoms with Crippen LogP contribution in [0.5, 0.6) is 0 Å². The highest BCUT2D eigenvalue weighted by Gasteiger charge is 2.62. The number of para-hydroxylation sites is 1. The predicted octanol–water partition coefficient (Wildman–Crippen LogP) is 1.14. The molecule has 114 valence electrons. The molecule has 1 aromatic carbocycles. The number of methoxy groups -OCH3 is 1. The van der Waals surface area contributed by atoms with Crippen molar-refractivity contribution < 1.29 is 23.9 Å². The first-order valence-electron chi connectivity index (χ1n) is 7.34. The number of esters is 1. The van der Waals surface area contributed by atoms with E-state index in [-0.39, 0.29) is 29.6 Å². The Morgan fingerprint density at radius 2 is 1.73 bits per heavy atom. The fourth-order valence-electron chi connectivity index (χ4n) is 3.90. The van der Waals surface area contributed by atoms with Crippen LogP contribution in [0.1, 0.15) is 23.2 Å². The average Bonchev–Trinajstić information content (AvgIpc) is 3.21. The lowest BCUT2D eigenvalue weighted by Crippen LogP contribution is -2.35. The minimum Gasteiger partial charge on any atom is -0.465 e. The van der Waals surface area contributed by atoms with Crippen molar-refractivity contribution in [2.24, 2.45) is 11.8 Å². The molecule has 0 aliphatic carbocycles. The zero-order valence-corrected chi connectivity index (χ0v) is 12.0. The predicted molar refractivity (Wildman–Crippen MR) is 75.1 cm³/mol. The summed E-state index contributed by atoms with van der Waals surface area (Å²) in [5.41, 5.74) is 0.526. The van der Waals surface area contributed by atoms with E-state index in [9.17, 15) is 14.4 Å². The number of amides is 2. The van der Waals surface area contributed by atoms with Gasteiger partial charge in [0.2, 0.25) is 11.8 Å². The van der Waals surface area contributed by atoms with E-state index in [0.717, 1.165) is 17.7 Å². The lowest BCUT2D eigenvalue weighted by molar-refractivity contribution is -0.124. The summed E-state index contributed by atoms with van der Waals surface area (Å²) in [6.45, 7) is 0. The Morgan fingerprint density at radius 3 is 2.32 bits per heavy atom. The Hall–Kier alpha value is -2.21. The van der Waals surface area contributed by atoms with Crippen molar-refractivity contribution in [3.63, 3.8) is 0 Å². The second kappa shape index (κ2) is 4.64. The fourth-order valence-corrected chi connectivity index (χ4v) is 3.90. The Labute approximate surface area is 127 Å². The van der Waals surface area contributed by atoms with Gasteiger partial charge in [-0.3, -0.25) is 9.59 Å². The molecule has 0 radical (unpaired) electrons. The molecule has 3 heterocycles. The van der Waals surface area contributed by atoms with E-state index < -0.39 is 17.8 Å². The zero-order valence-electron chi connectivity index (χ0n) is 12.0. The van der Waals surface area contributed by atoms with Gasteiger partial charge in [0, 0.05) is 0 Å². The molecule has 0 spiro atoms. The molecule has 22 heavy (non-hydrogen) atoms. The van der Waals surface area contributed by atoms with Crippen LogP contribution in [0, 0.1) is 11.8 Å². The number of hydrogen-bond acceptors (Lipinski definition) is 5. The SMILES string of the molecule is COC(=O)c1ccccc1N1C(=O)C2C3CCC(O3)C2C1=O. The van der Waals surface area contributed by atoms with Crippen LogP contribution in [0.15, 0.2) is 24.3 Å². The van der Waals surface area contributed by atoms with Gasteiger partial charge in [0.1, 0.15) is 0 Å². The number of fused-ring (bicyclic) bond motifs is 5. The van der Waals surface area contributed by atoms with E-state index in [1.165, 1.54) is 7.11 Å². The van der Waals surface area contributed by atoms with Gasteiger partial charge in [0.15, 0.2) is 0 Å². The third-order valence-electron chi connectivity index (χ3n) is 4.83. The average molecular weight is 301 g/mol. The quantitative estimate of drug-likeness (QED) is 0.605. The number of anilines is 1. The van der Waals surface area contributed by atoms with Crippen LogP contribution in [0.4, 0.5) is 5.69 Å². The van der Waals surface area contributed by atoms with Crippen molar-refractivity contribution in [3.05, 3.63) is 29.8 Å². The summed E-state index contributed by atoms with van der Waals surface area (Å²) in [4.78, 5) is 38.5. The molecule has 0 saturated carbocycles. The first-order valence-corrected chi connectivity index (χ1v) is 7.34. The van der Waals surface area contributed by atoms with Gasteiger partial charge >= 0.3 is 5.97 Å². The summed E-state index contributed by atoms with van der Waals surface area (Å²) in [6.07, 6.45) is 1.30. The maximum atomic E-state index is 12.7. The molecule has 0 N–H and O–H groups in total. The first-order chi connectivity index (χ1) is 10.6. The molecule has 1 aromatic rings. The van der Waals surface area contributed by atoms with Gasteiger partial charge in [-0.25, -0.2) is 9.69 Å². The van der Waals surface area contributed by atoms with E-state index in [1.807, 2.05) is 0 Å². The maximum absolute atomic E-state index is 12.7. The number of imide groups is 1. The lowest BCUT2D eigenvalue weighted by Gasteiger charge is -2.19. The van der Waals surface area contributed by atoms with Gasteiger partial charge in [0.05, 0.1) is 42.4 Å². The summed E-state index contributed by atoms with van der Waals surface area (Å²) < 4.78 is 10.4. The van der Waals surface area contributed by atoms with Crippen molar-refractivity contribution >= 4 is 23.5 Å². The van der Waals surface area contributed by atoms with Crippen LogP contribution >= 0.6 is 0 Å². The standard InChI is InChI=1S/C16H15NO5/c1-21-16(20)8-4-2-3-5-9(8)17-14(18)12-10-6-7-11(22-10)13(12)15(17)19/h2-5,10-13H,6-7H2,1H3. The van der Waals surface area contributed by atoms with Crippen LogP contribution in [0.2, 0.25) is 0 Å². The molecule has 4 rings (SSSR count). The smallest absolute Gasteiger partial charge is 0.339 e. The van der Waals surface area contributed by atoms with E-state index in [1.54, 1.807) is 24.3 Å². The molecule has 3 aliphatic heterocycles. The van der Waals surface area contributed by atoms with Gasteiger partial charge in [-0.2, -0.15) is 0 Å². The number of carbonyl (C=O) groups is 3. The van der Waals surface area contributed by atoms with Gasteiger partial charge in [-0.1, -0.05) is 12.1 Å². The number of carbonyl (C=O) groups excluding carboxylic acids is 3. The number of ether oxygens (including phenoxy) is 2. The molecule has 6 heteroatoms. The highest BCUT2D eigenvalue weighted by atomic mass is 16.5. The van der Waals surface area contributed by atoms with Crippen LogP contribution in [-0.2, 0) is 19.1 Å². The highest BCUT2D eigenvalue weighted by molar-refractivity contribution is 6.24. The highest BCUT2D eigenvalue weighted by Crippen LogP contribution is 2.49. The largest absolute Gasteiger partial charge is 0.465 e. The van der Waals surface area contributed by atoms with Crippen LogP contribution in [0.3, 0.4) is 0 Å². The molecule has 3 aliphatic rings. The first kappa shape index (κ1) is 13.5.